The molecule has 5 nitrogen and oxygen atoms in total. The second kappa shape index (κ2) is 4.65. The molecule has 2 rings (SSSR count). The Labute approximate surface area is 104 Å². The van der Waals surface area contributed by atoms with Crippen molar-refractivity contribution in [1.82, 2.24) is 4.31 Å². The van der Waals surface area contributed by atoms with Crippen molar-refractivity contribution in [3.63, 3.8) is 0 Å². The van der Waals surface area contributed by atoms with Crippen molar-refractivity contribution in [2.75, 3.05) is 13.1 Å². The van der Waals surface area contributed by atoms with Gasteiger partial charge in [0.05, 0.1) is 16.6 Å². The Bertz CT molecular complexity index is 609. The Kier molecular flexibility index (Phi) is 3.34. The van der Waals surface area contributed by atoms with Gasteiger partial charge in [-0.15, -0.1) is 0 Å². The monoisotopic (exact) mass is 270 g/mol. The highest BCUT2D eigenvalue weighted by atomic mass is 32.2. The number of nitrogens with zero attached hydrogens (tertiary/aromatic N) is 2. The summed E-state index contributed by atoms with van der Waals surface area (Å²) < 4.78 is 38.5. The van der Waals surface area contributed by atoms with Gasteiger partial charge in [-0.05, 0) is 24.6 Å². The molecule has 1 aromatic carbocycles. The van der Waals surface area contributed by atoms with Gasteiger partial charge in [-0.2, -0.15) is 9.57 Å². The molecule has 1 aliphatic heterocycles. The smallest absolute Gasteiger partial charge is 0.243 e. The van der Waals surface area contributed by atoms with Gasteiger partial charge in [-0.25, -0.2) is 12.8 Å². The molecule has 1 aromatic rings. The quantitative estimate of drug-likeness (QED) is 0.846. The molecule has 7 heteroatoms. The number of hydrogen-bond acceptors (Lipinski definition) is 4. The summed E-state index contributed by atoms with van der Waals surface area (Å²) in [6.45, 7) is 0.254. The molecule has 0 aliphatic carbocycles. The van der Waals surface area contributed by atoms with Crippen molar-refractivity contribution in [2.24, 2.45) is 0 Å². The number of sulfonamides is 1. The van der Waals surface area contributed by atoms with E-state index >= 15 is 0 Å². The standard InChI is InChI=1S/C11H11FN2O3S/c12-11-2-1-10(5-8(11)6-13)18(16,17)14-4-3-9(15)7-14/h1-2,5,9,15H,3-4,7H2/t9-/m1/s1. The molecule has 0 spiro atoms. The summed E-state index contributed by atoms with van der Waals surface area (Å²) in [7, 11) is -3.77. The van der Waals surface area contributed by atoms with Crippen molar-refractivity contribution in [3.05, 3.63) is 29.6 Å². The maximum absolute atomic E-state index is 13.1. The second-order valence-electron chi connectivity index (χ2n) is 4.06. The Balaban J connectivity index is 2.39. The van der Waals surface area contributed by atoms with Gasteiger partial charge in [-0.1, -0.05) is 0 Å². The SMILES string of the molecule is N#Cc1cc(S(=O)(=O)N2CC[C@@H](O)C2)ccc1F. The van der Waals surface area contributed by atoms with Gasteiger partial charge in [0.25, 0.3) is 0 Å². The lowest BCUT2D eigenvalue weighted by molar-refractivity contribution is 0.189. The van der Waals surface area contributed by atoms with Gasteiger partial charge in [0, 0.05) is 13.1 Å². The molecule has 96 valence electrons. The Hall–Kier alpha value is -1.49. The van der Waals surface area contributed by atoms with Crippen LogP contribution in [-0.2, 0) is 10.0 Å². The fraction of sp³-hybridized carbons (Fsp3) is 0.364. The van der Waals surface area contributed by atoms with Crippen LogP contribution in [0.5, 0.6) is 0 Å². The van der Waals surface area contributed by atoms with Crippen LogP contribution in [0.2, 0.25) is 0 Å². The number of aliphatic hydroxyl groups is 1. The van der Waals surface area contributed by atoms with Crippen LogP contribution in [0.15, 0.2) is 23.1 Å². The number of benzene rings is 1. The van der Waals surface area contributed by atoms with Crippen LogP contribution in [0.4, 0.5) is 4.39 Å². The van der Waals surface area contributed by atoms with Crippen LogP contribution in [0.25, 0.3) is 0 Å². The number of rotatable bonds is 2. The van der Waals surface area contributed by atoms with E-state index < -0.39 is 21.9 Å². The van der Waals surface area contributed by atoms with Gasteiger partial charge in [-0.3, -0.25) is 0 Å². The first kappa shape index (κ1) is 13.0. The molecular weight excluding hydrogens is 259 g/mol. The van der Waals surface area contributed by atoms with E-state index in [4.69, 9.17) is 5.26 Å². The van der Waals surface area contributed by atoms with Crippen molar-refractivity contribution in [2.45, 2.75) is 17.4 Å². The minimum atomic E-state index is -3.77. The number of nitriles is 1. The first-order valence-corrected chi connectivity index (χ1v) is 6.77. The maximum Gasteiger partial charge on any atom is 0.243 e. The van der Waals surface area contributed by atoms with Crippen LogP contribution in [0, 0.1) is 17.1 Å². The van der Waals surface area contributed by atoms with Crippen molar-refractivity contribution >= 4 is 10.0 Å². The summed E-state index contributed by atoms with van der Waals surface area (Å²) in [6, 6.07) is 4.69. The van der Waals surface area contributed by atoms with Crippen LogP contribution >= 0.6 is 0 Å². The molecule has 0 bridgehead atoms. The van der Waals surface area contributed by atoms with Crippen molar-refractivity contribution < 1.29 is 17.9 Å². The molecule has 1 fully saturated rings. The predicted molar refractivity (Wildman–Crippen MR) is 60.5 cm³/mol. The van der Waals surface area contributed by atoms with E-state index in [1.165, 1.54) is 0 Å². The second-order valence-corrected chi connectivity index (χ2v) is 6.00. The number of hydrogen-bond donors (Lipinski definition) is 1. The summed E-state index contributed by atoms with van der Waals surface area (Å²) in [4.78, 5) is -0.130. The van der Waals surface area contributed by atoms with Crippen LogP contribution in [-0.4, -0.2) is 37.0 Å². The molecule has 1 aliphatic rings. The topological polar surface area (TPSA) is 81.4 Å². The van der Waals surface area contributed by atoms with E-state index in [1.807, 2.05) is 0 Å². The highest BCUT2D eigenvalue weighted by Gasteiger charge is 2.31. The molecular formula is C11H11FN2O3S. The number of aliphatic hydroxyl groups excluding tert-OH is 1. The van der Waals surface area contributed by atoms with Gasteiger partial charge in [0.1, 0.15) is 11.9 Å². The summed E-state index contributed by atoms with van der Waals surface area (Å²) >= 11 is 0. The zero-order valence-corrected chi connectivity index (χ0v) is 10.2. The highest BCUT2D eigenvalue weighted by molar-refractivity contribution is 7.89. The van der Waals surface area contributed by atoms with Gasteiger partial charge < -0.3 is 5.11 Å². The van der Waals surface area contributed by atoms with Crippen LogP contribution < -0.4 is 0 Å². The minimum absolute atomic E-state index is 0.0294. The fourth-order valence-corrected chi connectivity index (χ4v) is 3.35. The Morgan fingerprint density at radius 3 is 2.78 bits per heavy atom. The van der Waals surface area contributed by atoms with Gasteiger partial charge in [0.2, 0.25) is 10.0 Å². The molecule has 0 unspecified atom stereocenters. The van der Waals surface area contributed by atoms with Crippen molar-refractivity contribution in [1.29, 1.82) is 5.26 Å². The normalized spacial score (nSPS) is 20.8. The summed E-state index contributed by atoms with van der Waals surface area (Å²) in [5.74, 6) is -0.752. The largest absolute Gasteiger partial charge is 0.392 e. The van der Waals surface area contributed by atoms with Gasteiger partial charge >= 0.3 is 0 Å². The van der Waals surface area contributed by atoms with Crippen LogP contribution in [0.1, 0.15) is 12.0 Å². The average molecular weight is 270 g/mol. The summed E-state index contributed by atoms with van der Waals surface area (Å²) in [6.07, 6.45) is -0.290. The van der Waals surface area contributed by atoms with E-state index in [9.17, 15) is 17.9 Å². The Morgan fingerprint density at radius 1 is 1.50 bits per heavy atom. The van der Waals surface area contributed by atoms with E-state index in [0.29, 0.717) is 6.42 Å². The van der Waals surface area contributed by atoms with E-state index in [-0.39, 0.29) is 23.5 Å². The Morgan fingerprint density at radius 2 is 2.22 bits per heavy atom. The van der Waals surface area contributed by atoms with E-state index in [0.717, 1.165) is 22.5 Å². The van der Waals surface area contributed by atoms with Crippen LogP contribution in [0.3, 0.4) is 0 Å². The van der Waals surface area contributed by atoms with E-state index in [1.54, 1.807) is 6.07 Å². The zero-order chi connectivity index (χ0) is 13.3. The fourth-order valence-electron chi connectivity index (χ4n) is 1.83. The summed E-state index contributed by atoms with van der Waals surface area (Å²) in [5, 5.41) is 18.0. The predicted octanol–water partition coefficient (Wildman–Crippen LogP) is 0.453. The van der Waals surface area contributed by atoms with Gasteiger partial charge in [0.15, 0.2) is 0 Å². The van der Waals surface area contributed by atoms with Crippen molar-refractivity contribution in [3.8, 4) is 6.07 Å². The molecule has 1 heterocycles. The van der Waals surface area contributed by atoms with E-state index in [2.05, 4.69) is 0 Å². The average Bonchev–Trinajstić information content (AvgIpc) is 2.77. The molecule has 0 saturated carbocycles. The number of β-amino-alcohol motifs (C(OH)–C–C–N with tert-alkyl or cyclic N) is 1. The maximum atomic E-state index is 13.1. The first-order valence-electron chi connectivity index (χ1n) is 5.33. The third-order valence-electron chi connectivity index (χ3n) is 2.82. The molecule has 1 atom stereocenters. The minimum Gasteiger partial charge on any atom is -0.392 e. The zero-order valence-electron chi connectivity index (χ0n) is 9.38. The lowest BCUT2D eigenvalue weighted by Gasteiger charge is -2.15. The lowest BCUT2D eigenvalue weighted by Crippen LogP contribution is -2.29. The molecule has 0 amide bonds. The third kappa shape index (κ3) is 2.22. The molecule has 1 saturated heterocycles. The molecule has 0 aromatic heterocycles. The number of halogens is 1. The molecule has 1 N–H and O–H groups in total. The first-order chi connectivity index (χ1) is 8.45. The highest BCUT2D eigenvalue weighted by Crippen LogP contribution is 2.22. The third-order valence-corrected chi connectivity index (χ3v) is 4.68. The lowest BCUT2D eigenvalue weighted by atomic mass is 10.2. The molecule has 0 radical (unpaired) electrons. The molecule has 18 heavy (non-hydrogen) atoms. The summed E-state index contributed by atoms with van der Waals surface area (Å²) in [5.41, 5.74) is -0.309.